The van der Waals surface area contributed by atoms with Gasteiger partial charge in [0.15, 0.2) is 0 Å². The highest BCUT2D eigenvalue weighted by molar-refractivity contribution is 7.89. The normalized spacial score (nSPS) is 32.8. The quantitative estimate of drug-likeness (QED) is 0.544. The van der Waals surface area contributed by atoms with Crippen molar-refractivity contribution in [1.29, 1.82) is 0 Å². The van der Waals surface area contributed by atoms with Crippen molar-refractivity contribution in [1.82, 2.24) is 4.90 Å². The molecule has 1 heterocycles. The second-order valence-corrected chi connectivity index (χ2v) is 13.7. The predicted molar refractivity (Wildman–Crippen MR) is 144 cm³/mol. The van der Waals surface area contributed by atoms with Crippen LogP contribution in [0.3, 0.4) is 0 Å². The molecule has 204 valence electrons. The van der Waals surface area contributed by atoms with Gasteiger partial charge in [0.1, 0.15) is 17.9 Å². The first-order chi connectivity index (χ1) is 18.1. The van der Waals surface area contributed by atoms with Gasteiger partial charge in [-0.2, -0.15) is 0 Å². The number of nitrogens with two attached hydrogens (primary N) is 1. The number of hydrogen-bond donors (Lipinski definition) is 2. The lowest BCUT2D eigenvalue weighted by Gasteiger charge is -2.50. The molecule has 6 atom stereocenters. The van der Waals surface area contributed by atoms with Gasteiger partial charge in [-0.05, 0) is 117 Å². The number of aryl methyl sites for hydroxylation is 1. The molecule has 4 unspecified atom stereocenters. The number of carbonyl (C=O) groups is 1. The van der Waals surface area contributed by atoms with Crippen LogP contribution in [0.25, 0.3) is 0 Å². The van der Waals surface area contributed by atoms with E-state index in [0.29, 0.717) is 30.0 Å². The molecule has 1 aliphatic heterocycles. The Hall–Kier alpha value is -2.42. The van der Waals surface area contributed by atoms with Crippen LogP contribution >= 0.6 is 0 Å². The van der Waals surface area contributed by atoms with E-state index in [2.05, 4.69) is 17.9 Å². The Kier molecular flexibility index (Phi) is 6.56. The van der Waals surface area contributed by atoms with E-state index < -0.39 is 10.0 Å². The van der Waals surface area contributed by atoms with E-state index in [0.717, 1.165) is 63.5 Å². The van der Waals surface area contributed by atoms with Crippen molar-refractivity contribution in [2.24, 2.45) is 22.4 Å². The molecule has 6 rings (SSSR count). The number of likely N-dealkylation sites (tertiary alicyclic amines) is 1. The largest absolute Gasteiger partial charge is 0.508 e. The Morgan fingerprint density at radius 1 is 1.11 bits per heavy atom. The van der Waals surface area contributed by atoms with Crippen LogP contribution < -0.4 is 5.14 Å². The van der Waals surface area contributed by atoms with Gasteiger partial charge < -0.3 is 9.84 Å². The molecule has 0 aromatic heterocycles. The molecule has 4 aliphatic rings. The van der Waals surface area contributed by atoms with Crippen LogP contribution in [-0.2, 0) is 32.5 Å². The third kappa shape index (κ3) is 4.54. The molecule has 7 nitrogen and oxygen atoms in total. The van der Waals surface area contributed by atoms with Crippen molar-refractivity contribution in [3.05, 3.63) is 59.2 Å². The molecule has 0 radical (unpaired) electrons. The summed E-state index contributed by atoms with van der Waals surface area (Å²) >= 11 is 0. The summed E-state index contributed by atoms with van der Waals surface area (Å²) in [6, 6.07) is 12.2. The first kappa shape index (κ1) is 25.8. The van der Waals surface area contributed by atoms with Gasteiger partial charge in [-0.25, -0.2) is 13.6 Å². The second-order valence-electron chi connectivity index (χ2n) is 12.2. The molecular formula is C30H38N2O5S. The van der Waals surface area contributed by atoms with Crippen LogP contribution in [0.1, 0.15) is 74.5 Å². The average Bonchev–Trinajstić information content (AvgIpc) is 3.47. The van der Waals surface area contributed by atoms with Gasteiger partial charge in [-0.3, -0.25) is 9.69 Å². The third-order valence-electron chi connectivity index (χ3n) is 10.2. The summed E-state index contributed by atoms with van der Waals surface area (Å²) in [5.74, 6) is 1.95. The van der Waals surface area contributed by atoms with Gasteiger partial charge in [-0.15, -0.1) is 0 Å². The molecule has 3 N–H and O–H groups in total. The molecule has 1 saturated heterocycles. The van der Waals surface area contributed by atoms with Gasteiger partial charge in [0.25, 0.3) is 0 Å². The SMILES string of the molecule is C[C@]12CCC3c4ccc(O)cc4CCC3C1CC[C@@H]2OC(=O)C1CCCN1Cc1ccc(S(N)(=O)=O)cc1. The lowest BCUT2D eigenvalue weighted by molar-refractivity contribution is -0.163. The maximum absolute atomic E-state index is 13.5. The van der Waals surface area contributed by atoms with E-state index in [1.165, 1.54) is 23.3 Å². The number of fused-ring (bicyclic) bond motifs is 5. The minimum absolute atomic E-state index is 0.0121. The lowest BCUT2D eigenvalue weighted by Crippen LogP contribution is -2.47. The molecule has 2 aromatic rings. The van der Waals surface area contributed by atoms with E-state index in [1.54, 1.807) is 12.1 Å². The molecule has 3 fully saturated rings. The fraction of sp³-hybridized carbons (Fsp3) is 0.567. The number of phenolic OH excluding ortho intramolecular Hbond substituents is 1. The number of rotatable bonds is 5. The maximum Gasteiger partial charge on any atom is 0.323 e. The number of nitrogens with zero attached hydrogens (tertiary/aromatic N) is 1. The first-order valence-corrected chi connectivity index (χ1v) is 15.6. The summed E-state index contributed by atoms with van der Waals surface area (Å²) in [5.41, 5.74) is 3.68. The number of carbonyl (C=O) groups excluding carboxylic acids is 1. The highest BCUT2D eigenvalue weighted by Crippen LogP contribution is 2.61. The number of aromatic hydroxyl groups is 1. The third-order valence-corrected chi connectivity index (χ3v) is 11.1. The molecule has 3 aliphatic carbocycles. The fourth-order valence-corrected chi connectivity index (χ4v) is 8.75. The predicted octanol–water partition coefficient (Wildman–Crippen LogP) is 4.47. The van der Waals surface area contributed by atoms with E-state index in [1.807, 2.05) is 12.1 Å². The molecular weight excluding hydrogens is 500 g/mol. The topological polar surface area (TPSA) is 110 Å². The monoisotopic (exact) mass is 538 g/mol. The van der Waals surface area contributed by atoms with Crippen LogP contribution in [0.5, 0.6) is 5.75 Å². The van der Waals surface area contributed by atoms with Crippen molar-refractivity contribution in [2.75, 3.05) is 6.54 Å². The molecule has 0 amide bonds. The highest BCUT2D eigenvalue weighted by atomic mass is 32.2. The van der Waals surface area contributed by atoms with Crippen molar-refractivity contribution in [2.45, 2.75) is 87.8 Å². The van der Waals surface area contributed by atoms with E-state index in [9.17, 15) is 18.3 Å². The Morgan fingerprint density at radius 3 is 2.66 bits per heavy atom. The number of benzene rings is 2. The van der Waals surface area contributed by atoms with Crippen molar-refractivity contribution in [3.8, 4) is 5.75 Å². The minimum Gasteiger partial charge on any atom is -0.508 e. The second kappa shape index (κ2) is 9.65. The van der Waals surface area contributed by atoms with Crippen LogP contribution in [0.2, 0.25) is 0 Å². The molecule has 0 bridgehead atoms. The number of sulfonamides is 1. The van der Waals surface area contributed by atoms with E-state index in [-0.39, 0.29) is 28.4 Å². The Balaban J connectivity index is 1.12. The zero-order valence-corrected chi connectivity index (χ0v) is 22.8. The van der Waals surface area contributed by atoms with Crippen molar-refractivity contribution >= 4 is 16.0 Å². The Bertz CT molecular complexity index is 1330. The number of phenols is 1. The summed E-state index contributed by atoms with van der Waals surface area (Å²) in [6.45, 7) is 3.75. The number of hydrogen-bond acceptors (Lipinski definition) is 6. The lowest BCUT2D eigenvalue weighted by atomic mass is 9.55. The van der Waals surface area contributed by atoms with Gasteiger partial charge >= 0.3 is 5.97 Å². The fourth-order valence-electron chi connectivity index (χ4n) is 8.23. The molecule has 8 heteroatoms. The zero-order chi connectivity index (χ0) is 26.7. The van der Waals surface area contributed by atoms with Gasteiger partial charge in [-0.1, -0.05) is 25.1 Å². The van der Waals surface area contributed by atoms with E-state index >= 15 is 0 Å². The van der Waals surface area contributed by atoms with Crippen LogP contribution in [0.15, 0.2) is 47.4 Å². The molecule has 2 aromatic carbocycles. The summed E-state index contributed by atoms with van der Waals surface area (Å²) < 4.78 is 29.5. The Labute approximate surface area is 225 Å². The average molecular weight is 539 g/mol. The van der Waals surface area contributed by atoms with Gasteiger partial charge in [0.2, 0.25) is 10.0 Å². The maximum atomic E-state index is 13.5. The summed E-state index contributed by atoms with van der Waals surface area (Å²) in [7, 11) is -3.72. The molecule has 0 spiro atoms. The first-order valence-electron chi connectivity index (χ1n) is 14.0. The summed E-state index contributed by atoms with van der Waals surface area (Å²) in [6.07, 6.45) is 8.04. The van der Waals surface area contributed by atoms with E-state index in [4.69, 9.17) is 9.88 Å². The van der Waals surface area contributed by atoms with Crippen LogP contribution in [0.4, 0.5) is 0 Å². The summed E-state index contributed by atoms with van der Waals surface area (Å²) in [5, 5.41) is 15.2. The van der Waals surface area contributed by atoms with Crippen LogP contribution in [0, 0.1) is 17.3 Å². The highest BCUT2D eigenvalue weighted by Gasteiger charge is 2.56. The number of ether oxygens (including phenoxy) is 1. The van der Waals surface area contributed by atoms with Crippen molar-refractivity contribution < 1.29 is 23.1 Å². The molecule has 38 heavy (non-hydrogen) atoms. The van der Waals surface area contributed by atoms with Crippen molar-refractivity contribution in [3.63, 3.8) is 0 Å². The summed E-state index contributed by atoms with van der Waals surface area (Å²) in [4.78, 5) is 15.8. The standard InChI is InChI=1S/C30H38N2O5S/c1-30-15-14-24-23-11-7-21(33)17-20(23)6-10-25(24)26(30)12-13-28(30)37-29(34)27-3-2-16-32(27)18-19-4-8-22(9-5-19)38(31,35)36/h4-5,7-9,11,17,24-28,33H,2-3,6,10,12-16,18H2,1H3,(H2,31,35,36)/t24?,25?,26?,27?,28-,30-/m0/s1. The van der Waals surface area contributed by atoms with Gasteiger partial charge in [0.05, 0.1) is 4.90 Å². The smallest absolute Gasteiger partial charge is 0.323 e. The zero-order valence-electron chi connectivity index (χ0n) is 22.0. The minimum atomic E-state index is -3.72. The number of primary sulfonamides is 1. The number of esters is 1. The molecule has 2 saturated carbocycles. The van der Waals surface area contributed by atoms with Gasteiger partial charge in [0, 0.05) is 12.0 Å². The Morgan fingerprint density at radius 2 is 1.89 bits per heavy atom. The van der Waals surface area contributed by atoms with Crippen LogP contribution in [-0.4, -0.2) is 43.1 Å².